The molecular formula is C29H31N3O4S. The van der Waals surface area contributed by atoms with Crippen molar-refractivity contribution in [2.45, 2.75) is 49.6 Å². The Morgan fingerprint density at radius 2 is 1.76 bits per heavy atom. The lowest BCUT2D eigenvalue weighted by molar-refractivity contribution is -0.108. The lowest BCUT2D eigenvalue weighted by atomic mass is 9.90. The van der Waals surface area contributed by atoms with Gasteiger partial charge in [-0.2, -0.15) is 4.31 Å². The van der Waals surface area contributed by atoms with Crippen LogP contribution in [0.5, 0.6) is 5.75 Å². The third-order valence-corrected chi connectivity index (χ3v) is 9.02. The maximum Gasteiger partial charge on any atom is 0.243 e. The molecule has 0 saturated carbocycles. The van der Waals surface area contributed by atoms with Gasteiger partial charge in [-0.05, 0) is 72.7 Å². The number of fused-ring (bicyclic) bond motifs is 1. The number of piperidine rings is 1. The minimum Gasteiger partial charge on any atom is -0.486 e. The van der Waals surface area contributed by atoms with Crippen LogP contribution in [0.1, 0.15) is 49.3 Å². The fourth-order valence-corrected chi connectivity index (χ4v) is 6.63. The highest BCUT2D eigenvalue weighted by molar-refractivity contribution is 7.89. The second-order valence-electron chi connectivity index (χ2n) is 9.35. The first-order valence-corrected chi connectivity index (χ1v) is 14.1. The van der Waals surface area contributed by atoms with Crippen LogP contribution >= 0.6 is 0 Å². The van der Waals surface area contributed by atoms with Crippen molar-refractivity contribution >= 4 is 27.3 Å². The van der Waals surface area contributed by atoms with Crippen LogP contribution < -0.4 is 4.74 Å². The summed E-state index contributed by atoms with van der Waals surface area (Å²) in [4.78, 5) is 15.8. The second kappa shape index (κ2) is 10.9. The van der Waals surface area contributed by atoms with E-state index < -0.39 is 10.0 Å². The molecule has 1 fully saturated rings. The number of hydrogen-bond donors (Lipinski definition) is 0. The Kier molecular flexibility index (Phi) is 7.39. The summed E-state index contributed by atoms with van der Waals surface area (Å²) in [5.41, 5.74) is 3.02. The molecule has 5 rings (SSSR count). The Morgan fingerprint density at radius 1 is 1.03 bits per heavy atom. The average Bonchev–Trinajstić information content (AvgIpc) is 3.31. The van der Waals surface area contributed by atoms with Gasteiger partial charge in [0.25, 0.3) is 0 Å². The highest BCUT2D eigenvalue weighted by Crippen LogP contribution is 2.35. The van der Waals surface area contributed by atoms with Crippen LogP contribution in [0.15, 0.2) is 84.0 Å². The summed E-state index contributed by atoms with van der Waals surface area (Å²) in [6.45, 7) is 3.21. The molecule has 0 radical (unpaired) electrons. The Balaban J connectivity index is 1.27. The molecule has 1 unspecified atom stereocenters. The first kappa shape index (κ1) is 25.2. The van der Waals surface area contributed by atoms with E-state index in [-0.39, 0.29) is 23.5 Å². The van der Waals surface area contributed by atoms with Crippen molar-refractivity contribution < 1.29 is 17.9 Å². The second-order valence-corrected chi connectivity index (χ2v) is 11.3. The third-order valence-electron chi connectivity index (χ3n) is 7.11. The molecule has 7 nitrogen and oxygen atoms in total. The van der Waals surface area contributed by atoms with Gasteiger partial charge >= 0.3 is 0 Å². The summed E-state index contributed by atoms with van der Waals surface area (Å²) in [5, 5.41) is 1.03. The minimum atomic E-state index is -3.60. The van der Waals surface area contributed by atoms with E-state index in [4.69, 9.17) is 4.74 Å². The number of hydrogen-bond acceptors (Lipinski definition) is 5. The van der Waals surface area contributed by atoms with Crippen LogP contribution in [0.25, 0.3) is 11.0 Å². The number of benzene rings is 2. The molecule has 0 spiro atoms. The molecule has 4 aromatic rings. The fourth-order valence-electron chi connectivity index (χ4n) is 5.16. The highest BCUT2D eigenvalue weighted by atomic mass is 32.2. The van der Waals surface area contributed by atoms with E-state index in [2.05, 4.69) is 11.9 Å². The van der Waals surface area contributed by atoms with Gasteiger partial charge in [-0.15, -0.1) is 0 Å². The zero-order valence-corrected chi connectivity index (χ0v) is 21.7. The summed E-state index contributed by atoms with van der Waals surface area (Å²) >= 11 is 0. The number of ether oxygens (including phenoxy) is 1. The Hall–Kier alpha value is -3.49. The van der Waals surface area contributed by atoms with Gasteiger partial charge in [0.05, 0.1) is 11.4 Å². The van der Waals surface area contributed by atoms with Crippen LogP contribution in [-0.2, 0) is 21.4 Å². The first-order chi connectivity index (χ1) is 18.0. The quantitative estimate of drug-likeness (QED) is 0.280. The zero-order valence-electron chi connectivity index (χ0n) is 20.9. The van der Waals surface area contributed by atoms with Gasteiger partial charge in [0.15, 0.2) is 0 Å². The van der Waals surface area contributed by atoms with Crippen LogP contribution in [-0.4, -0.2) is 41.6 Å². The van der Waals surface area contributed by atoms with Crippen molar-refractivity contribution in [1.82, 2.24) is 13.9 Å². The topological polar surface area (TPSA) is 81.5 Å². The molecule has 2 aromatic heterocycles. The molecule has 37 heavy (non-hydrogen) atoms. The molecule has 1 saturated heterocycles. The summed E-state index contributed by atoms with van der Waals surface area (Å²) in [6.07, 6.45) is 6.74. The van der Waals surface area contributed by atoms with Crippen molar-refractivity contribution in [3.8, 4) is 5.75 Å². The molecule has 1 aliphatic heterocycles. The number of pyridine rings is 1. The zero-order chi connectivity index (χ0) is 25.8. The van der Waals surface area contributed by atoms with Gasteiger partial charge in [0, 0.05) is 30.9 Å². The number of carbonyl (C=O) groups is 1. The van der Waals surface area contributed by atoms with E-state index in [1.807, 2.05) is 53.2 Å². The van der Waals surface area contributed by atoms with E-state index in [1.54, 1.807) is 34.8 Å². The molecule has 0 aliphatic carbocycles. The first-order valence-electron chi connectivity index (χ1n) is 12.7. The van der Waals surface area contributed by atoms with Gasteiger partial charge in [-0.1, -0.05) is 37.3 Å². The maximum atomic E-state index is 13.4. The molecule has 192 valence electrons. The summed E-state index contributed by atoms with van der Waals surface area (Å²) in [5.74, 6) is 0.861. The number of carbonyl (C=O) groups excluding carboxylic acids is 1. The molecule has 0 N–H and O–H groups in total. The molecular weight excluding hydrogens is 486 g/mol. The number of aromatic nitrogens is 2. The number of aldehydes is 1. The van der Waals surface area contributed by atoms with Gasteiger partial charge < -0.3 is 14.1 Å². The van der Waals surface area contributed by atoms with Crippen molar-refractivity contribution in [2.24, 2.45) is 0 Å². The van der Waals surface area contributed by atoms with Gasteiger partial charge in [0.1, 0.15) is 23.8 Å². The van der Waals surface area contributed by atoms with Crippen LogP contribution in [0, 0.1) is 0 Å². The average molecular weight is 518 g/mol. The van der Waals surface area contributed by atoms with Crippen LogP contribution in [0.2, 0.25) is 0 Å². The molecule has 0 bridgehead atoms. The molecule has 0 amide bonds. The van der Waals surface area contributed by atoms with E-state index in [9.17, 15) is 13.2 Å². The lowest BCUT2D eigenvalue weighted by Crippen LogP contribution is -2.37. The van der Waals surface area contributed by atoms with Crippen LogP contribution in [0.4, 0.5) is 0 Å². The monoisotopic (exact) mass is 517 g/mol. The van der Waals surface area contributed by atoms with Gasteiger partial charge in [-0.25, -0.2) is 13.4 Å². The predicted octanol–water partition coefficient (Wildman–Crippen LogP) is 5.33. The maximum absolute atomic E-state index is 13.4. The van der Waals surface area contributed by atoms with Crippen LogP contribution in [0.3, 0.4) is 0 Å². The largest absolute Gasteiger partial charge is 0.486 e. The SMILES string of the molecule is CCC(Oc1ccc(S(=O)(=O)N2CCC(c3cn(CC=O)c4ncccc34)CC2)cc1)c1ccccc1. The molecule has 2 aromatic carbocycles. The van der Waals surface area contributed by atoms with E-state index >= 15 is 0 Å². The summed E-state index contributed by atoms with van der Waals surface area (Å²) in [7, 11) is -3.60. The molecule has 1 atom stereocenters. The number of nitrogens with zero attached hydrogens (tertiary/aromatic N) is 3. The standard InChI is InChI=1S/C29H31N3O4S/c1-2-28(23-7-4-3-5-8-23)36-24-10-12-25(13-11-24)37(34,35)32-17-14-22(15-18-32)27-21-31(19-20-33)29-26(27)9-6-16-30-29/h3-13,16,20-22,28H,2,14-15,17-19H2,1H3. The Bertz CT molecular complexity index is 1460. The number of sulfonamides is 1. The van der Waals surface area contributed by atoms with E-state index in [0.29, 0.717) is 31.7 Å². The lowest BCUT2D eigenvalue weighted by Gasteiger charge is -2.31. The molecule has 8 heteroatoms. The van der Waals surface area contributed by atoms with Crippen molar-refractivity contribution in [3.63, 3.8) is 0 Å². The third kappa shape index (κ3) is 5.17. The smallest absolute Gasteiger partial charge is 0.243 e. The fraction of sp³-hybridized carbons (Fsp3) is 0.310. The van der Waals surface area contributed by atoms with Crippen molar-refractivity contribution in [2.75, 3.05) is 13.1 Å². The Labute approximate surface area is 217 Å². The Morgan fingerprint density at radius 3 is 2.43 bits per heavy atom. The summed E-state index contributed by atoms with van der Waals surface area (Å²) < 4.78 is 36.3. The van der Waals surface area contributed by atoms with E-state index in [0.717, 1.165) is 34.9 Å². The minimum absolute atomic E-state index is 0.0876. The van der Waals surface area contributed by atoms with Crippen molar-refractivity contribution in [1.29, 1.82) is 0 Å². The number of rotatable bonds is 9. The molecule has 1 aliphatic rings. The molecule has 3 heterocycles. The highest BCUT2D eigenvalue weighted by Gasteiger charge is 2.31. The summed E-state index contributed by atoms with van der Waals surface area (Å²) in [6, 6.07) is 20.7. The van der Waals surface area contributed by atoms with Crippen molar-refractivity contribution in [3.05, 3.63) is 90.3 Å². The van der Waals surface area contributed by atoms with Gasteiger partial charge in [-0.3, -0.25) is 0 Å². The van der Waals surface area contributed by atoms with Gasteiger partial charge in [0.2, 0.25) is 10.0 Å². The predicted molar refractivity (Wildman–Crippen MR) is 143 cm³/mol. The normalized spacial score (nSPS) is 16.0. The van der Waals surface area contributed by atoms with E-state index in [1.165, 1.54) is 0 Å².